The Balaban J connectivity index is 1.52. The number of amides is 3. The monoisotopic (exact) mass is 559 g/mol. The summed E-state index contributed by atoms with van der Waals surface area (Å²) in [7, 11) is -0.570. The highest BCUT2D eigenvalue weighted by atomic mass is 19.1. The van der Waals surface area contributed by atoms with Gasteiger partial charge in [0.05, 0.1) is 37.0 Å². The Labute approximate surface area is 237 Å². The first-order valence-corrected chi connectivity index (χ1v) is 14.4. The van der Waals surface area contributed by atoms with E-state index < -0.39 is 42.2 Å². The van der Waals surface area contributed by atoms with Crippen molar-refractivity contribution in [2.24, 2.45) is 0 Å². The molecule has 1 aromatic carbocycles. The summed E-state index contributed by atoms with van der Waals surface area (Å²) < 4.78 is 38.3. The van der Waals surface area contributed by atoms with Gasteiger partial charge in [-0.2, -0.15) is 0 Å². The number of urea groups is 1. The van der Waals surface area contributed by atoms with Crippen LogP contribution in [-0.2, 0) is 31.7 Å². The number of morpholine rings is 1. The number of halogens is 1. The van der Waals surface area contributed by atoms with Crippen molar-refractivity contribution in [1.29, 1.82) is 0 Å². The molecule has 4 aliphatic rings. The van der Waals surface area contributed by atoms with Crippen molar-refractivity contribution in [3.63, 3.8) is 0 Å². The summed E-state index contributed by atoms with van der Waals surface area (Å²) >= 11 is 0. The molecule has 4 heterocycles. The maximum Gasteiger partial charge on any atom is 0.494 e. The van der Waals surface area contributed by atoms with Crippen LogP contribution in [0.2, 0.25) is 0 Å². The van der Waals surface area contributed by atoms with Crippen LogP contribution in [0.15, 0.2) is 12.1 Å². The van der Waals surface area contributed by atoms with Gasteiger partial charge in [0.15, 0.2) is 0 Å². The molecule has 3 fully saturated rings. The summed E-state index contributed by atoms with van der Waals surface area (Å²) in [5, 5.41) is 0. The van der Waals surface area contributed by atoms with Gasteiger partial charge in [-0.05, 0) is 83.5 Å². The van der Waals surface area contributed by atoms with Gasteiger partial charge in [-0.1, -0.05) is 12.1 Å². The van der Waals surface area contributed by atoms with E-state index in [1.807, 2.05) is 54.5 Å². The average Bonchev–Trinajstić information content (AvgIpc) is 3.40. The number of hydrogen-bond donors (Lipinski definition) is 0. The third-order valence-electron chi connectivity index (χ3n) is 8.71. The molecule has 11 heteroatoms. The highest BCUT2D eigenvalue weighted by Crippen LogP contribution is 2.38. The number of alkyl halides is 1. The van der Waals surface area contributed by atoms with Crippen LogP contribution in [0, 0.1) is 0 Å². The quantitative estimate of drug-likeness (QED) is 0.513. The molecule has 0 N–H and O–H groups in total. The maximum absolute atomic E-state index is 13.9. The SMILES string of the molecule is CC(C)(C)OC(=O)N1CCOCC1c1cc(B2OC(C)(C)C(C)(C)O2)cc2c1CN(C(=O)N1CCC(F)C1)CC2. The molecule has 5 rings (SSSR count). The Morgan fingerprint density at radius 1 is 1.05 bits per heavy atom. The number of benzene rings is 1. The number of nitrogens with zero attached hydrogens (tertiary/aromatic N) is 3. The summed E-state index contributed by atoms with van der Waals surface area (Å²) in [5.41, 5.74) is 2.20. The molecule has 40 heavy (non-hydrogen) atoms. The van der Waals surface area contributed by atoms with Crippen molar-refractivity contribution in [1.82, 2.24) is 14.7 Å². The van der Waals surface area contributed by atoms with E-state index >= 15 is 0 Å². The third kappa shape index (κ3) is 5.70. The third-order valence-corrected chi connectivity index (χ3v) is 8.71. The molecule has 3 amide bonds. The number of hydrogen-bond acceptors (Lipinski definition) is 6. The second kappa shape index (κ2) is 10.5. The van der Waals surface area contributed by atoms with Gasteiger partial charge in [0.2, 0.25) is 0 Å². The van der Waals surface area contributed by atoms with Crippen LogP contribution >= 0.6 is 0 Å². The van der Waals surface area contributed by atoms with Gasteiger partial charge in [-0.25, -0.2) is 14.0 Å². The lowest BCUT2D eigenvalue weighted by Crippen LogP contribution is -2.48. The smallest absolute Gasteiger partial charge is 0.444 e. The van der Waals surface area contributed by atoms with E-state index in [2.05, 4.69) is 6.07 Å². The molecule has 4 aliphatic heterocycles. The van der Waals surface area contributed by atoms with Gasteiger partial charge in [-0.3, -0.25) is 4.90 Å². The number of fused-ring (bicyclic) bond motifs is 1. The van der Waals surface area contributed by atoms with E-state index in [1.165, 1.54) is 0 Å². The van der Waals surface area contributed by atoms with Crippen molar-refractivity contribution < 1.29 is 32.8 Å². The van der Waals surface area contributed by atoms with E-state index in [0.29, 0.717) is 52.2 Å². The fraction of sp³-hybridized carbons (Fsp3) is 0.724. The Hall–Kier alpha value is -2.37. The van der Waals surface area contributed by atoms with E-state index in [9.17, 15) is 14.0 Å². The van der Waals surface area contributed by atoms with Crippen LogP contribution in [0.5, 0.6) is 0 Å². The van der Waals surface area contributed by atoms with Gasteiger partial charge in [0, 0.05) is 26.2 Å². The molecule has 0 aliphatic carbocycles. The van der Waals surface area contributed by atoms with Crippen LogP contribution in [0.4, 0.5) is 14.0 Å². The standard InChI is InChI=1S/C29H43BFN3O6/c1-27(2,3)38-26(36)34-12-13-37-18-24(34)22-15-20(30-39-28(4,5)29(6,7)40-30)14-19-8-10-33(17-23(19)22)25(35)32-11-9-21(31)16-32/h14-15,21,24H,8-13,16-18H2,1-7H3. The van der Waals surface area contributed by atoms with Crippen molar-refractivity contribution in [3.8, 4) is 0 Å². The highest BCUT2D eigenvalue weighted by molar-refractivity contribution is 6.62. The van der Waals surface area contributed by atoms with Crippen LogP contribution in [0.3, 0.4) is 0 Å². The zero-order valence-electron chi connectivity index (χ0n) is 24.9. The van der Waals surface area contributed by atoms with E-state index in [4.69, 9.17) is 18.8 Å². The first kappa shape index (κ1) is 29.1. The molecule has 0 radical (unpaired) electrons. The Morgan fingerprint density at radius 3 is 2.38 bits per heavy atom. The Morgan fingerprint density at radius 2 is 1.75 bits per heavy atom. The van der Waals surface area contributed by atoms with Crippen LogP contribution in [0.25, 0.3) is 0 Å². The number of carbonyl (C=O) groups excluding carboxylic acids is 2. The summed E-state index contributed by atoms with van der Waals surface area (Å²) in [6, 6.07) is 3.60. The Kier molecular flexibility index (Phi) is 7.63. The molecule has 220 valence electrons. The molecule has 0 aromatic heterocycles. The first-order valence-electron chi connectivity index (χ1n) is 14.4. The average molecular weight is 559 g/mol. The lowest BCUT2D eigenvalue weighted by Gasteiger charge is -2.40. The van der Waals surface area contributed by atoms with Crippen molar-refractivity contribution in [2.75, 3.05) is 39.4 Å². The molecule has 3 saturated heterocycles. The molecule has 2 atom stereocenters. The van der Waals surface area contributed by atoms with Crippen molar-refractivity contribution >= 4 is 24.7 Å². The zero-order valence-corrected chi connectivity index (χ0v) is 24.9. The molecule has 0 bridgehead atoms. The van der Waals surface area contributed by atoms with Crippen molar-refractivity contribution in [2.45, 2.75) is 96.9 Å². The van der Waals surface area contributed by atoms with Crippen molar-refractivity contribution in [3.05, 3.63) is 28.8 Å². The van der Waals surface area contributed by atoms with Crippen LogP contribution in [-0.4, -0.2) is 96.3 Å². The predicted molar refractivity (Wildman–Crippen MR) is 149 cm³/mol. The van der Waals surface area contributed by atoms with Gasteiger partial charge in [0.25, 0.3) is 0 Å². The summed E-state index contributed by atoms with van der Waals surface area (Å²) in [6.07, 6.45) is -0.358. The summed E-state index contributed by atoms with van der Waals surface area (Å²) in [4.78, 5) is 31.8. The topological polar surface area (TPSA) is 80.8 Å². The highest BCUT2D eigenvalue weighted by Gasteiger charge is 2.52. The molecule has 9 nitrogen and oxygen atoms in total. The fourth-order valence-corrected chi connectivity index (χ4v) is 5.79. The molecule has 1 aromatic rings. The maximum atomic E-state index is 13.9. The number of ether oxygens (including phenoxy) is 2. The summed E-state index contributed by atoms with van der Waals surface area (Å²) in [5.74, 6) is 0. The van der Waals surface area contributed by atoms with Crippen LogP contribution < -0.4 is 5.46 Å². The molecule has 2 unspecified atom stereocenters. The van der Waals surface area contributed by atoms with Crippen LogP contribution in [0.1, 0.15) is 77.6 Å². The molecular formula is C29H43BFN3O6. The van der Waals surface area contributed by atoms with Gasteiger partial charge < -0.3 is 28.6 Å². The van der Waals surface area contributed by atoms with Gasteiger partial charge in [0.1, 0.15) is 11.8 Å². The number of likely N-dealkylation sites (tertiary alicyclic amines) is 1. The predicted octanol–water partition coefficient (Wildman–Crippen LogP) is 3.82. The fourth-order valence-electron chi connectivity index (χ4n) is 5.79. The number of carbonyl (C=O) groups is 2. The zero-order chi connectivity index (χ0) is 29.0. The largest absolute Gasteiger partial charge is 0.494 e. The minimum absolute atomic E-state index is 0.138. The van der Waals surface area contributed by atoms with E-state index in [0.717, 1.165) is 22.2 Å². The first-order chi connectivity index (χ1) is 18.6. The number of rotatable bonds is 2. The summed E-state index contributed by atoms with van der Waals surface area (Å²) in [6.45, 7) is 16.2. The Bertz CT molecular complexity index is 1140. The van der Waals surface area contributed by atoms with Gasteiger partial charge in [-0.15, -0.1) is 0 Å². The van der Waals surface area contributed by atoms with E-state index in [1.54, 1.807) is 14.7 Å². The molecule has 0 saturated carbocycles. The van der Waals surface area contributed by atoms with Gasteiger partial charge >= 0.3 is 19.2 Å². The minimum atomic E-state index is -0.971. The second-order valence-corrected chi connectivity index (χ2v) is 13.4. The molecular weight excluding hydrogens is 516 g/mol. The minimum Gasteiger partial charge on any atom is -0.444 e. The van der Waals surface area contributed by atoms with E-state index in [-0.39, 0.29) is 12.6 Å². The lowest BCUT2D eigenvalue weighted by atomic mass is 9.74. The molecule has 0 spiro atoms. The lowest BCUT2D eigenvalue weighted by molar-refractivity contribution is -0.0334. The second-order valence-electron chi connectivity index (χ2n) is 13.4. The normalized spacial score (nSPS) is 26.2.